The standard InChI is InChI=1S/C14H17N3OS/c1-9-13(7-8-15)19-14(16-9)11-3-5-12(6-4-11)17-10(2)18/h3-6H,7-8,15H2,1-2H3,(H,17,18). The van der Waals surface area contributed by atoms with Gasteiger partial charge in [0, 0.05) is 23.1 Å². The predicted octanol–water partition coefficient (Wildman–Crippen LogP) is 2.58. The van der Waals surface area contributed by atoms with Gasteiger partial charge in [-0.15, -0.1) is 11.3 Å². The van der Waals surface area contributed by atoms with Crippen molar-refractivity contribution in [2.75, 3.05) is 11.9 Å². The summed E-state index contributed by atoms with van der Waals surface area (Å²) in [5.41, 5.74) is 8.49. The highest BCUT2D eigenvalue weighted by Crippen LogP contribution is 2.28. The van der Waals surface area contributed by atoms with E-state index < -0.39 is 0 Å². The van der Waals surface area contributed by atoms with Gasteiger partial charge >= 0.3 is 0 Å². The van der Waals surface area contributed by atoms with Crippen molar-refractivity contribution < 1.29 is 4.79 Å². The van der Waals surface area contributed by atoms with Crippen LogP contribution in [0.4, 0.5) is 5.69 Å². The third kappa shape index (κ3) is 3.39. The molecule has 5 heteroatoms. The summed E-state index contributed by atoms with van der Waals surface area (Å²) in [5.74, 6) is -0.0666. The zero-order valence-corrected chi connectivity index (χ0v) is 11.9. The van der Waals surface area contributed by atoms with Crippen molar-refractivity contribution in [2.45, 2.75) is 20.3 Å². The number of carbonyl (C=O) groups excluding carboxylic acids is 1. The molecule has 2 aromatic rings. The fourth-order valence-electron chi connectivity index (χ4n) is 1.81. The minimum absolute atomic E-state index is 0.0666. The lowest BCUT2D eigenvalue weighted by molar-refractivity contribution is -0.114. The summed E-state index contributed by atoms with van der Waals surface area (Å²) in [6.07, 6.45) is 0.869. The molecule has 0 radical (unpaired) electrons. The Morgan fingerprint density at radius 1 is 1.37 bits per heavy atom. The summed E-state index contributed by atoms with van der Waals surface area (Å²) in [6, 6.07) is 7.71. The molecule has 1 heterocycles. The topological polar surface area (TPSA) is 68.0 Å². The number of hydrogen-bond acceptors (Lipinski definition) is 4. The van der Waals surface area contributed by atoms with E-state index in [9.17, 15) is 4.79 Å². The number of aryl methyl sites for hydroxylation is 1. The highest BCUT2D eigenvalue weighted by molar-refractivity contribution is 7.15. The van der Waals surface area contributed by atoms with Gasteiger partial charge in [0.1, 0.15) is 5.01 Å². The predicted molar refractivity (Wildman–Crippen MR) is 79.3 cm³/mol. The maximum atomic E-state index is 11.0. The molecule has 0 bridgehead atoms. The van der Waals surface area contributed by atoms with E-state index in [1.807, 2.05) is 31.2 Å². The van der Waals surface area contributed by atoms with E-state index in [4.69, 9.17) is 5.73 Å². The average molecular weight is 275 g/mol. The molecule has 0 aliphatic rings. The highest BCUT2D eigenvalue weighted by atomic mass is 32.1. The molecule has 1 amide bonds. The Morgan fingerprint density at radius 3 is 2.63 bits per heavy atom. The summed E-state index contributed by atoms with van der Waals surface area (Å²) in [6.45, 7) is 4.15. The molecule has 0 spiro atoms. The minimum atomic E-state index is -0.0666. The van der Waals surface area contributed by atoms with Crippen LogP contribution in [0.15, 0.2) is 24.3 Å². The van der Waals surface area contributed by atoms with Gasteiger partial charge in [0.25, 0.3) is 0 Å². The van der Waals surface area contributed by atoms with Crippen molar-refractivity contribution >= 4 is 22.9 Å². The van der Waals surface area contributed by atoms with E-state index in [0.29, 0.717) is 6.54 Å². The normalized spacial score (nSPS) is 10.5. The van der Waals surface area contributed by atoms with Crippen LogP contribution in [-0.4, -0.2) is 17.4 Å². The Labute approximate surface area is 116 Å². The van der Waals surface area contributed by atoms with Crippen LogP contribution in [0.5, 0.6) is 0 Å². The molecule has 3 N–H and O–H groups in total. The molecule has 1 aromatic carbocycles. The third-order valence-electron chi connectivity index (χ3n) is 2.72. The van der Waals surface area contributed by atoms with E-state index in [2.05, 4.69) is 10.3 Å². The lowest BCUT2D eigenvalue weighted by Crippen LogP contribution is -2.05. The number of amides is 1. The summed E-state index contributed by atoms with van der Waals surface area (Å²) in [4.78, 5) is 16.8. The first-order chi connectivity index (χ1) is 9.10. The quantitative estimate of drug-likeness (QED) is 0.901. The summed E-state index contributed by atoms with van der Waals surface area (Å²) >= 11 is 1.68. The second-order valence-corrected chi connectivity index (χ2v) is 5.41. The molecule has 4 nitrogen and oxygen atoms in total. The van der Waals surface area contributed by atoms with Gasteiger partial charge in [-0.1, -0.05) is 0 Å². The molecule has 0 saturated carbocycles. The largest absolute Gasteiger partial charge is 0.330 e. The van der Waals surface area contributed by atoms with E-state index in [-0.39, 0.29) is 5.91 Å². The Hall–Kier alpha value is -1.72. The SMILES string of the molecule is CC(=O)Nc1ccc(-c2nc(C)c(CCN)s2)cc1. The van der Waals surface area contributed by atoms with Crippen LogP contribution in [0.2, 0.25) is 0 Å². The zero-order valence-electron chi connectivity index (χ0n) is 11.1. The zero-order chi connectivity index (χ0) is 13.8. The van der Waals surface area contributed by atoms with Crippen molar-refractivity contribution in [1.29, 1.82) is 0 Å². The molecule has 0 aliphatic heterocycles. The molecular formula is C14H17N3OS. The van der Waals surface area contributed by atoms with Crippen molar-refractivity contribution in [1.82, 2.24) is 4.98 Å². The molecule has 0 saturated heterocycles. The molecule has 0 atom stereocenters. The van der Waals surface area contributed by atoms with Crippen LogP contribution in [-0.2, 0) is 11.2 Å². The van der Waals surface area contributed by atoms with Crippen molar-refractivity contribution in [2.24, 2.45) is 5.73 Å². The molecular weight excluding hydrogens is 258 g/mol. The first kappa shape index (κ1) is 13.7. The summed E-state index contributed by atoms with van der Waals surface area (Å²) < 4.78 is 0. The molecule has 0 aliphatic carbocycles. The second kappa shape index (κ2) is 5.95. The summed E-state index contributed by atoms with van der Waals surface area (Å²) in [7, 11) is 0. The Balaban J connectivity index is 2.22. The second-order valence-electron chi connectivity index (χ2n) is 4.32. The van der Waals surface area contributed by atoms with E-state index in [1.165, 1.54) is 11.8 Å². The van der Waals surface area contributed by atoms with Gasteiger partial charge in [0.05, 0.1) is 5.69 Å². The van der Waals surface area contributed by atoms with Gasteiger partial charge in [0.15, 0.2) is 0 Å². The number of anilines is 1. The van der Waals surface area contributed by atoms with E-state index in [1.54, 1.807) is 11.3 Å². The lowest BCUT2D eigenvalue weighted by atomic mass is 10.2. The molecule has 19 heavy (non-hydrogen) atoms. The van der Waals surface area contributed by atoms with E-state index in [0.717, 1.165) is 28.4 Å². The van der Waals surface area contributed by atoms with E-state index >= 15 is 0 Å². The first-order valence-electron chi connectivity index (χ1n) is 6.14. The fourth-order valence-corrected chi connectivity index (χ4v) is 2.90. The van der Waals surface area contributed by atoms with Gasteiger partial charge in [0.2, 0.25) is 5.91 Å². The highest BCUT2D eigenvalue weighted by Gasteiger charge is 2.08. The molecule has 0 unspecified atom stereocenters. The number of nitrogens with one attached hydrogen (secondary N) is 1. The molecule has 100 valence electrons. The van der Waals surface area contributed by atoms with Crippen LogP contribution < -0.4 is 11.1 Å². The van der Waals surface area contributed by atoms with Gasteiger partial charge in [-0.25, -0.2) is 4.98 Å². The summed E-state index contributed by atoms with van der Waals surface area (Å²) in [5, 5.41) is 3.74. The minimum Gasteiger partial charge on any atom is -0.330 e. The Kier molecular flexibility index (Phi) is 4.29. The number of thiazole rings is 1. The molecule has 0 fully saturated rings. The van der Waals surface area contributed by atoms with Gasteiger partial charge in [-0.2, -0.15) is 0 Å². The first-order valence-corrected chi connectivity index (χ1v) is 6.96. The van der Waals surface area contributed by atoms with Crippen molar-refractivity contribution in [3.8, 4) is 10.6 Å². The number of carbonyl (C=O) groups is 1. The Morgan fingerprint density at radius 2 is 2.05 bits per heavy atom. The van der Waals surface area contributed by atoms with Crippen LogP contribution >= 0.6 is 11.3 Å². The fraction of sp³-hybridized carbons (Fsp3) is 0.286. The average Bonchev–Trinajstić information content (AvgIpc) is 2.72. The smallest absolute Gasteiger partial charge is 0.221 e. The molecule has 1 aromatic heterocycles. The van der Waals surface area contributed by atoms with Crippen molar-refractivity contribution in [3.63, 3.8) is 0 Å². The number of benzene rings is 1. The van der Waals surface area contributed by atoms with Gasteiger partial charge in [-0.3, -0.25) is 4.79 Å². The number of nitrogens with two attached hydrogens (primary N) is 1. The maximum absolute atomic E-state index is 11.0. The number of hydrogen-bond donors (Lipinski definition) is 2. The Bertz CT molecular complexity index is 575. The number of nitrogens with zero attached hydrogens (tertiary/aromatic N) is 1. The van der Waals surface area contributed by atoms with Crippen LogP contribution in [0.3, 0.4) is 0 Å². The third-order valence-corrected chi connectivity index (χ3v) is 3.98. The molecule has 2 rings (SSSR count). The monoisotopic (exact) mass is 275 g/mol. The number of aromatic nitrogens is 1. The van der Waals surface area contributed by atoms with Gasteiger partial charge < -0.3 is 11.1 Å². The van der Waals surface area contributed by atoms with Gasteiger partial charge in [-0.05, 0) is 44.2 Å². The van der Waals surface area contributed by atoms with Crippen molar-refractivity contribution in [3.05, 3.63) is 34.8 Å². The van der Waals surface area contributed by atoms with Crippen LogP contribution in [0, 0.1) is 6.92 Å². The number of rotatable bonds is 4. The lowest BCUT2D eigenvalue weighted by Gasteiger charge is -2.02. The van der Waals surface area contributed by atoms with Crippen LogP contribution in [0.25, 0.3) is 10.6 Å². The maximum Gasteiger partial charge on any atom is 0.221 e. The van der Waals surface area contributed by atoms with Crippen LogP contribution in [0.1, 0.15) is 17.5 Å².